The second-order valence-corrected chi connectivity index (χ2v) is 9.89. The van der Waals surface area contributed by atoms with Gasteiger partial charge in [0.1, 0.15) is 0 Å². The molecule has 0 fully saturated rings. The van der Waals surface area contributed by atoms with Gasteiger partial charge < -0.3 is 19.9 Å². The molecule has 43 heavy (non-hydrogen) atoms. The normalized spacial score (nSPS) is 11.9. The van der Waals surface area contributed by atoms with Gasteiger partial charge in [0.15, 0.2) is 0 Å². The van der Waals surface area contributed by atoms with Crippen LogP contribution in [-0.2, 0) is 23.9 Å². The zero-order valence-corrected chi connectivity index (χ0v) is 23.9. The van der Waals surface area contributed by atoms with E-state index in [4.69, 9.17) is 9.47 Å². The lowest BCUT2D eigenvalue weighted by molar-refractivity contribution is -0.159. The van der Waals surface area contributed by atoms with Crippen LogP contribution >= 0.6 is 0 Å². The van der Waals surface area contributed by atoms with E-state index in [1.165, 1.54) is 48.5 Å². The highest BCUT2D eigenvalue weighted by atomic mass is 16.6. The van der Waals surface area contributed by atoms with E-state index < -0.39 is 41.9 Å². The Morgan fingerprint density at radius 3 is 1.49 bits per heavy atom. The molecule has 3 aromatic rings. The highest BCUT2D eigenvalue weighted by Gasteiger charge is 2.41. The molecule has 2 atom stereocenters. The fraction of sp³-hybridized carbons (Fsp3) is 0.226. The molecule has 4 N–H and O–H groups in total. The predicted molar refractivity (Wildman–Crippen MR) is 154 cm³/mol. The number of aliphatic carboxylic acids is 1. The SMILES string of the molecule is Cc1ccc(C(=O)O[C@H](C(=O)O)[C@H](OC(=O)c2ccc(C)cc2)C(=O)NNC(=O)c2ccc(NC(=O)C(C)C)cc2)cc1. The summed E-state index contributed by atoms with van der Waals surface area (Å²) in [6.45, 7) is 7.02. The van der Waals surface area contributed by atoms with E-state index in [9.17, 15) is 33.9 Å². The van der Waals surface area contributed by atoms with E-state index in [0.29, 0.717) is 5.69 Å². The van der Waals surface area contributed by atoms with Gasteiger partial charge in [-0.25, -0.2) is 14.4 Å². The average molecular weight is 590 g/mol. The Kier molecular flexibility index (Phi) is 10.7. The lowest BCUT2D eigenvalue weighted by Crippen LogP contribution is -2.54. The van der Waals surface area contributed by atoms with Crippen molar-refractivity contribution in [1.29, 1.82) is 0 Å². The second kappa shape index (κ2) is 14.4. The quantitative estimate of drug-likeness (QED) is 0.204. The molecule has 0 bridgehead atoms. The van der Waals surface area contributed by atoms with Crippen molar-refractivity contribution in [2.45, 2.75) is 39.9 Å². The van der Waals surface area contributed by atoms with Crippen LogP contribution in [0.1, 0.15) is 56.0 Å². The molecule has 0 aliphatic heterocycles. The Morgan fingerprint density at radius 1 is 0.605 bits per heavy atom. The Labute approximate surface area is 247 Å². The minimum Gasteiger partial charge on any atom is -0.478 e. The number of carbonyl (C=O) groups excluding carboxylic acids is 5. The number of amides is 3. The molecular formula is C31H31N3O9. The summed E-state index contributed by atoms with van der Waals surface area (Å²) in [5, 5.41) is 12.5. The van der Waals surface area contributed by atoms with Crippen molar-refractivity contribution in [2.75, 3.05) is 5.32 Å². The van der Waals surface area contributed by atoms with E-state index in [0.717, 1.165) is 11.1 Å². The zero-order chi connectivity index (χ0) is 31.7. The Balaban J connectivity index is 1.79. The van der Waals surface area contributed by atoms with E-state index >= 15 is 0 Å². The molecule has 0 aliphatic rings. The molecule has 3 rings (SSSR count). The summed E-state index contributed by atoms with van der Waals surface area (Å²) in [5.74, 6) is -6.47. The molecule has 0 saturated heterocycles. The number of esters is 2. The Bertz CT molecular complexity index is 1500. The maximum absolute atomic E-state index is 13.1. The molecule has 3 aromatic carbocycles. The molecule has 0 aliphatic carbocycles. The van der Waals surface area contributed by atoms with Crippen molar-refractivity contribution in [2.24, 2.45) is 5.92 Å². The van der Waals surface area contributed by atoms with Crippen molar-refractivity contribution in [1.82, 2.24) is 10.9 Å². The number of hydrazine groups is 1. The maximum Gasteiger partial charge on any atom is 0.349 e. The highest BCUT2D eigenvalue weighted by Crippen LogP contribution is 2.15. The van der Waals surface area contributed by atoms with E-state index in [-0.39, 0.29) is 28.5 Å². The van der Waals surface area contributed by atoms with Gasteiger partial charge in [-0.3, -0.25) is 25.2 Å². The summed E-state index contributed by atoms with van der Waals surface area (Å²) in [6, 6.07) is 17.8. The summed E-state index contributed by atoms with van der Waals surface area (Å²) >= 11 is 0. The number of rotatable bonds is 10. The van der Waals surface area contributed by atoms with Gasteiger partial charge in [0.25, 0.3) is 11.8 Å². The fourth-order valence-electron chi connectivity index (χ4n) is 3.49. The number of hydrogen-bond donors (Lipinski definition) is 4. The minimum atomic E-state index is -2.27. The van der Waals surface area contributed by atoms with Gasteiger partial charge >= 0.3 is 17.9 Å². The van der Waals surface area contributed by atoms with Crippen molar-refractivity contribution in [3.63, 3.8) is 0 Å². The van der Waals surface area contributed by atoms with Crippen LogP contribution in [-0.4, -0.2) is 52.9 Å². The standard InChI is InChI=1S/C31H31N3O9/c1-17(2)26(35)32-23-15-13-20(14-16-23)27(36)33-34-28(37)24(42-30(40)21-9-5-18(3)6-10-21)25(29(38)39)43-31(41)22-11-7-19(4)8-12-22/h5-17,24-25H,1-4H3,(H,32,35)(H,33,36)(H,34,37)(H,38,39)/t24-,25-/m0/s1. The van der Waals surface area contributed by atoms with Crippen LogP contribution in [0.15, 0.2) is 72.8 Å². The molecule has 224 valence electrons. The molecule has 0 radical (unpaired) electrons. The molecule has 0 saturated carbocycles. The zero-order valence-electron chi connectivity index (χ0n) is 23.9. The third kappa shape index (κ3) is 8.98. The van der Waals surface area contributed by atoms with E-state index in [1.54, 1.807) is 52.0 Å². The van der Waals surface area contributed by atoms with Crippen LogP contribution in [0.25, 0.3) is 0 Å². The van der Waals surface area contributed by atoms with Gasteiger partial charge in [0.05, 0.1) is 11.1 Å². The van der Waals surface area contributed by atoms with Crippen molar-refractivity contribution in [3.05, 3.63) is 101 Å². The molecule has 0 heterocycles. The van der Waals surface area contributed by atoms with Crippen LogP contribution < -0.4 is 16.2 Å². The fourth-order valence-corrected chi connectivity index (χ4v) is 3.49. The number of hydrogen-bond acceptors (Lipinski definition) is 8. The van der Waals surface area contributed by atoms with Gasteiger partial charge in [-0.2, -0.15) is 0 Å². The number of aryl methyl sites for hydroxylation is 2. The first-order chi connectivity index (χ1) is 20.3. The van der Waals surface area contributed by atoms with Crippen LogP contribution in [0.4, 0.5) is 5.69 Å². The third-order valence-corrected chi connectivity index (χ3v) is 6.06. The Morgan fingerprint density at radius 2 is 1.05 bits per heavy atom. The second-order valence-electron chi connectivity index (χ2n) is 9.89. The largest absolute Gasteiger partial charge is 0.478 e. The summed E-state index contributed by atoms with van der Waals surface area (Å²) in [6.07, 6.45) is -4.47. The number of anilines is 1. The van der Waals surface area contributed by atoms with E-state index in [2.05, 4.69) is 10.7 Å². The van der Waals surface area contributed by atoms with Gasteiger partial charge in [-0.1, -0.05) is 49.2 Å². The number of carboxylic acids is 1. The van der Waals surface area contributed by atoms with Crippen LogP contribution in [0.2, 0.25) is 0 Å². The summed E-state index contributed by atoms with van der Waals surface area (Å²) in [7, 11) is 0. The first-order valence-electron chi connectivity index (χ1n) is 13.1. The molecule has 0 aromatic heterocycles. The first-order valence-corrected chi connectivity index (χ1v) is 13.1. The lowest BCUT2D eigenvalue weighted by atomic mass is 10.1. The number of benzene rings is 3. The third-order valence-electron chi connectivity index (χ3n) is 6.06. The van der Waals surface area contributed by atoms with Crippen LogP contribution in [0.5, 0.6) is 0 Å². The van der Waals surface area contributed by atoms with Crippen LogP contribution in [0.3, 0.4) is 0 Å². The van der Waals surface area contributed by atoms with Crippen molar-refractivity contribution >= 4 is 41.3 Å². The van der Waals surface area contributed by atoms with E-state index in [1.807, 2.05) is 5.43 Å². The molecule has 3 amide bonds. The number of carbonyl (C=O) groups is 6. The minimum absolute atomic E-state index is 0.00204. The molecule has 0 unspecified atom stereocenters. The van der Waals surface area contributed by atoms with Gasteiger partial charge in [0, 0.05) is 17.2 Å². The first kappa shape index (κ1) is 32.0. The number of ether oxygens (including phenoxy) is 2. The van der Waals surface area contributed by atoms with Crippen molar-refractivity contribution in [3.8, 4) is 0 Å². The average Bonchev–Trinajstić information content (AvgIpc) is 2.98. The highest BCUT2D eigenvalue weighted by molar-refractivity contribution is 5.99. The number of nitrogens with one attached hydrogen (secondary N) is 3. The summed E-state index contributed by atoms with van der Waals surface area (Å²) in [5.41, 5.74) is 6.34. The predicted octanol–water partition coefficient (Wildman–Crippen LogP) is 3.19. The monoisotopic (exact) mass is 589 g/mol. The topological polar surface area (TPSA) is 177 Å². The van der Waals surface area contributed by atoms with Crippen LogP contribution in [0, 0.1) is 19.8 Å². The smallest absolute Gasteiger partial charge is 0.349 e. The number of carboxylic acid groups (broad SMARTS) is 1. The summed E-state index contributed by atoms with van der Waals surface area (Å²) in [4.78, 5) is 75.4. The molecule has 12 heteroatoms. The lowest BCUT2D eigenvalue weighted by Gasteiger charge is -2.23. The maximum atomic E-state index is 13.1. The Hall–Kier alpha value is -5.52. The van der Waals surface area contributed by atoms with Gasteiger partial charge in [-0.05, 0) is 62.4 Å². The molecular weight excluding hydrogens is 558 g/mol. The van der Waals surface area contributed by atoms with Gasteiger partial charge in [-0.15, -0.1) is 0 Å². The summed E-state index contributed by atoms with van der Waals surface area (Å²) < 4.78 is 10.3. The molecule has 12 nitrogen and oxygen atoms in total. The van der Waals surface area contributed by atoms with Gasteiger partial charge in [0.2, 0.25) is 18.1 Å². The molecule has 0 spiro atoms. The van der Waals surface area contributed by atoms with Crippen molar-refractivity contribution < 1.29 is 43.3 Å².